The van der Waals surface area contributed by atoms with E-state index in [1.54, 1.807) is 7.11 Å². The molecular weight excluding hydrogens is 254 g/mol. The van der Waals surface area contributed by atoms with Crippen molar-refractivity contribution in [1.29, 1.82) is 0 Å². The molecule has 4 heteroatoms. The second kappa shape index (κ2) is 6.57. The zero-order valence-electron chi connectivity index (χ0n) is 11.8. The van der Waals surface area contributed by atoms with Crippen LogP contribution in [-0.4, -0.2) is 36.2 Å². The van der Waals surface area contributed by atoms with Gasteiger partial charge in [-0.3, -0.25) is 4.79 Å². The van der Waals surface area contributed by atoms with Gasteiger partial charge in [0, 0.05) is 25.5 Å². The highest BCUT2D eigenvalue weighted by molar-refractivity contribution is 5.79. The van der Waals surface area contributed by atoms with E-state index in [1.807, 2.05) is 35.2 Å². The smallest absolute Gasteiger partial charge is 0.223 e. The van der Waals surface area contributed by atoms with E-state index >= 15 is 0 Å². The fraction of sp³-hybridized carbons (Fsp3) is 0.438. The lowest BCUT2D eigenvalue weighted by Crippen LogP contribution is -2.31. The molecule has 1 aliphatic heterocycles. The molecule has 2 rings (SSSR count). The van der Waals surface area contributed by atoms with Gasteiger partial charge in [-0.25, -0.2) is 0 Å². The molecular formula is C16H21NO3. The van der Waals surface area contributed by atoms with E-state index in [0.29, 0.717) is 19.4 Å². The molecule has 0 aromatic heterocycles. The van der Waals surface area contributed by atoms with Crippen molar-refractivity contribution in [3.05, 3.63) is 42.5 Å². The van der Waals surface area contributed by atoms with Gasteiger partial charge < -0.3 is 14.7 Å². The maximum atomic E-state index is 12.1. The van der Waals surface area contributed by atoms with Crippen LogP contribution in [-0.2, 0) is 4.79 Å². The van der Waals surface area contributed by atoms with Crippen molar-refractivity contribution in [2.75, 3.05) is 20.3 Å². The van der Waals surface area contributed by atoms with Gasteiger partial charge in [-0.1, -0.05) is 18.2 Å². The third kappa shape index (κ3) is 3.02. The molecule has 20 heavy (non-hydrogen) atoms. The summed E-state index contributed by atoms with van der Waals surface area (Å²) >= 11 is 0. The number of nitrogens with zero attached hydrogens (tertiary/aromatic N) is 1. The molecule has 2 atom stereocenters. The van der Waals surface area contributed by atoms with Crippen LogP contribution in [0.25, 0.3) is 0 Å². The third-order valence-electron chi connectivity index (χ3n) is 3.80. The van der Waals surface area contributed by atoms with Crippen molar-refractivity contribution >= 4 is 5.91 Å². The Balaban J connectivity index is 2.21. The fourth-order valence-electron chi connectivity index (χ4n) is 2.67. The zero-order chi connectivity index (χ0) is 14.5. The molecule has 1 fully saturated rings. The van der Waals surface area contributed by atoms with Crippen LogP contribution < -0.4 is 4.74 Å². The van der Waals surface area contributed by atoms with Crippen molar-refractivity contribution < 1.29 is 14.6 Å². The summed E-state index contributed by atoms with van der Waals surface area (Å²) in [7, 11) is 1.62. The molecule has 0 aliphatic carbocycles. The van der Waals surface area contributed by atoms with Crippen LogP contribution in [0, 0.1) is 5.92 Å². The van der Waals surface area contributed by atoms with E-state index in [9.17, 15) is 9.90 Å². The molecule has 1 N–H and O–H groups in total. The Hall–Kier alpha value is -1.81. The van der Waals surface area contributed by atoms with Crippen molar-refractivity contribution in [2.24, 2.45) is 5.92 Å². The molecule has 1 heterocycles. The molecule has 1 aromatic rings. The minimum atomic E-state index is -0.0802. The first-order valence-corrected chi connectivity index (χ1v) is 6.86. The number of ether oxygens (including phenoxy) is 1. The van der Waals surface area contributed by atoms with E-state index in [4.69, 9.17) is 4.74 Å². The normalized spacial score (nSPS) is 20.0. The highest BCUT2D eigenvalue weighted by atomic mass is 16.5. The van der Waals surface area contributed by atoms with Crippen LogP contribution in [0.2, 0.25) is 0 Å². The summed E-state index contributed by atoms with van der Waals surface area (Å²) in [6, 6.07) is 7.58. The zero-order valence-corrected chi connectivity index (χ0v) is 11.8. The predicted molar refractivity (Wildman–Crippen MR) is 77.5 cm³/mol. The first-order chi connectivity index (χ1) is 9.69. The minimum Gasteiger partial charge on any atom is -0.497 e. The van der Waals surface area contributed by atoms with Crippen LogP contribution in [0.3, 0.4) is 0 Å². The monoisotopic (exact) mass is 275 g/mol. The molecule has 1 amide bonds. The van der Waals surface area contributed by atoms with Gasteiger partial charge >= 0.3 is 0 Å². The fourth-order valence-corrected chi connectivity index (χ4v) is 2.67. The summed E-state index contributed by atoms with van der Waals surface area (Å²) in [5, 5.41) is 9.29. The van der Waals surface area contributed by atoms with Gasteiger partial charge in [-0.2, -0.15) is 0 Å². The first-order valence-electron chi connectivity index (χ1n) is 6.86. The number of hydrogen-bond donors (Lipinski definition) is 1. The van der Waals surface area contributed by atoms with Gasteiger partial charge in [-0.15, -0.1) is 6.58 Å². The Morgan fingerprint density at radius 2 is 2.20 bits per heavy atom. The number of aliphatic hydroxyl groups is 1. The minimum absolute atomic E-state index is 0.0548. The quantitative estimate of drug-likeness (QED) is 0.809. The molecule has 108 valence electrons. The summed E-state index contributed by atoms with van der Waals surface area (Å²) in [6.07, 6.45) is 2.89. The van der Waals surface area contributed by atoms with Crippen molar-refractivity contribution in [3.63, 3.8) is 0 Å². The van der Waals surface area contributed by atoms with Crippen LogP contribution >= 0.6 is 0 Å². The van der Waals surface area contributed by atoms with E-state index in [-0.39, 0.29) is 24.5 Å². The maximum absolute atomic E-state index is 12.1. The van der Waals surface area contributed by atoms with Crippen molar-refractivity contribution in [2.45, 2.75) is 18.9 Å². The average molecular weight is 275 g/mol. The van der Waals surface area contributed by atoms with Crippen molar-refractivity contribution in [1.82, 2.24) is 4.90 Å². The van der Waals surface area contributed by atoms with Crippen molar-refractivity contribution in [3.8, 4) is 5.75 Å². The number of likely N-dealkylation sites (tertiary alicyclic amines) is 1. The molecule has 4 nitrogen and oxygen atoms in total. The van der Waals surface area contributed by atoms with E-state index in [0.717, 1.165) is 11.3 Å². The highest BCUT2D eigenvalue weighted by Crippen LogP contribution is 2.32. The van der Waals surface area contributed by atoms with E-state index < -0.39 is 0 Å². The summed E-state index contributed by atoms with van der Waals surface area (Å²) in [5.41, 5.74) is 1.03. The molecule has 0 saturated carbocycles. The Labute approximate surface area is 119 Å². The number of aliphatic hydroxyl groups excluding tert-OH is 1. The van der Waals surface area contributed by atoms with Gasteiger partial charge in [-0.05, 0) is 24.1 Å². The number of hydrogen-bond acceptors (Lipinski definition) is 3. The average Bonchev–Trinajstić information content (AvgIpc) is 2.86. The Morgan fingerprint density at radius 1 is 1.50 bits per heavy atom. The summed E-state index contributed by atoms with van der Waals surface area (Å²) < 4.78 is 5.15. The summed E-state index contributed by atoms with van der Waals surface area (Å²) in [6.45, 7) is 4.50. The number of benzene rings is 1. The first kappa shape index (κ1) is 14.6. The molecule has 2 unspecified atom stereocenters. The third-order valence-corrected chi connectivity index (χ3v) is 3.80. The standard InChI is InChI=1S/C16H21NO3/c1-3-12-10-16(19)17(11-12)15(8-9-18)13-4-6-14(20-2)7-5-13/h3-7,12,15,18H,1,8-11H2,2H3. The van der Waals surface area contributed by atoms with Gasteiger partial charge in [0.15, 0.2) is 0 Å². The van der Waals surface area contributed by atoms with Crippen LogP contribution in [0.5, 0.6) is 5.75 Å². The Morgan fingerprint density at radius 3 is 2.70 bits per heavy atom. The lowest BCUT2D eigenvalue weighted by atomic mass is 10.0. The highest BCUT2D eigenvalue weighted by Gasteiger charge is 2.33. The van der Waals surface area contributed by atoms with E-state index in [2.05, 4.69) is 6.58 Å². The molecule has 1 aliphatic rings. The van der Waals surface area contributed by atoms with Gasteiger partial charge in [0.1, 0.15) is 5.75 Å². The molecule has 1 aromatic carbocycles. The second-order valence-corrected chi connectivity index (χ2v) is 5.05. The molecule has 1 saturated heterocycles. The lowest BCUT2D eigenvalue weighted by Gasteiger charge is -2.28. The second-order valence-electron chi connectivity index (χ2n) is 5.05. The van der Waals surface area contributed by atoms with Crippen LogP contribution in [0.4, 0.5) is 0 Å². The number of carbonyl (C=O) groups is 1. The van der Waals surface area contributed by atoms with Crippen LogP contribution in [0.15, 0.2) is 36.9 Å². The maximum Gasteiger partial charge on any atom is 0.223 e. The van der Waals surface area contributed by atoms with Crippen LogP contribution in [0.1, 0.15) is 24.4 Å². The SMILES string of the molecule is C=CC1CC(=O)N(C(CCO)c2ccc(OC)cc2)C1. The number of rotatable bonds is 6. The predicted octanol–water partition coefficient (Wildman–Crippen LogP) is 2.15. The Bertz CT molecular complexity index is 469. The largest absolute Gasteiger partial charge is 0.497 e. The molecule has 0 spiro atoms. The van der Waals surface area contributed by atoms with E-state index in [1.165, 1.54) is 0 Å². The topological polar surface area (TPSA) is 49.8 Å². The van der Waals surface area contributed by atoms with Gasteiger partial charge in [0.05, 0.1) is 13.2 Å². The van der Waals surface area contributed by atoms with Gasteiger partial charge in [0.2, 0.25) is 5.91 Å². The number of methoxy groups -OCH3 is 1. The summed E-state index contributed by atoms with van der Waals surface area (Å²) in [5.74, 6) is 1.12. The van der Waals surface area contributed by atoms with Gasteiger partial charge in [0.25, 0.3) is 0 Å². The molecule has 0 radical (unpaired) electrons. The lowest BCUT2D eigenvalue weighted by molar-refractivity contribution is -0.130. The Kier molecular flexibility index (Phi) is 4.79. The number of carbonyl (C=O) groups excluding carboxylic acids is 1. The molecule has 0 bridgehead atoms. The number of amides is 1. The summed E-state index contributed by atoms with van der Waals surface area (Å²) in [4.78, 5) is 14.0.